The van der Waals surface area contributed by atoms with Crippen molar-refractivity contribution in [2.24, 2.45) is 11.7 Å². The van der Waals surface area contributed by atoms with Crippen LogP contribution in [0.15, 0.2) is 0 Å². The van der Waals surface area contributed by atoms with Crippen LogP contribution in [0.5, 0.6) is 0 Å². The first-order valence-corrected chi connectivity index (χ1v) is 5.18. The molecular weight excluding hydrogens is 148 g/mol. The molecule has 0 radical (unpaired) electrons. The Morgan fingerprint density at radius 2 is 2.17 bits per heavy atom. The van der Waals surface area contributed by atoms with Gasteiger partial charge < -0.3 is 10.6 Å². The lowest BCUT2D eigenvalue weighted by molar-refractivity contribution is 0.304. The molecule has 0 heterocycles. The van der Waals surface area contributed by atoms with Crippen molar-refractivity contribution >= 4 is 0 Å². The van der Waals surface area contributed by atoms with Gasteiger partial charge in [-0.3, -0.25) is 0 Å². The quantitative estimate of drug-likeness (QED) is 0.692. The maximum absolute atomic E-state index is 5.99. The third-order valence-electron chi connectivity index (χ3n) is 3.14. The molecule has 1 aliphatic rings. The highest BCUT2D eigenvalue weighted by Crippen LogP contribution is 2.26. The fourth-order valence-electron chi connectivity index (χ4n) is 1.97. The first-order valence-electron chi connectivity index (χ1n) is 5.18. The lowest BCUT2D eigenvalue weighted by atomic mass is 10.0. The Morgan fingerprint density at radius 3 is 2.67 bits per heavy atom. The molecule has 2 nitrogen and oxygen atoms in total. The summed E-state index contributed by atoms with van der Waals surface area (Å²) in [7, 11) is 2.18. The van der Waals surface area contributed by atoms with Crippen LogP contribution in [0, 0.1) is 5.92 Å². The van der Waals surface area contributed by atoms with Crippen LogP contribution in [0.4, 0.5) is 0 Å². The summed E-state index contributed by atoms with van der Waals surface area (Å²) in [4.78, 5) is 2.37. The van der Waals surface area contributed by atoms with E-state index >= 15 is 0 Å². The van der Waals surface area contributed by atoms with Crippen molar-refractivity contribution in [3.63, 3.8) is 0 Å². The van der Waals surface area contributed by atoms with Crippen molar-refractivity contribution in [3.05, 3.63) is 0 Å². The Morgan fingerprint density at radius 1 is 1.42 bits per heavy atom. The second-order valence-corrected chi connectivity index (χ2v) is 4.04. The highest BCUT2D eigenvalue weighted by Gasteiger charge is 2.23. The molecule has 72 valence electrons. The Hall–Kier alpha value is -0.0800. The molecule has 1 saturated carbocycles. The lowest BCUT2D eigenvalue weighted by Gasteiger charge is -2.19. The number of rotatable bonds is 4. The molecule has 1 fully saturated rings. The van der Waals surface area contributed by atoms with Gasteiger partial charge in [-0.1, -0.05) is 13.3 Å². The number of nitrogens with zero attached hydrogens (tertiary/aromatic N) is 1. The maximum Gasteiger partial charge on any atom is 0.00676 e. The molecule has 2 N–H and O–H groups in total. The SMILES string of the molecule is CCN(C)CCC1CCCC1N. The van der Waals surface area contributed by atoms with Crippen molar-refractivity contribution in [1.82, 2.24) is 4.90 Å². The van der Waals surface area contributed by atoms with Crippen molar-refractivity contribution in [2.75, 3.05) is 20.1 Å². The smallest absolute Gasteiger partial charge is 0.00676 e. The fraction of sp³-hybridized carbons (Fsp3) is 1.00. The standard InChI is InChI=1S/C10H22N2/c1-3-12(2)8-7-9-5-4-6-10(9)11/h9-10H,3-8,11H2,1-2H3. The molecule has 2 unspecified atom stereocenters. The molecule has 2 heteroatoms. The molecule has 0 aromatic rings. The van der Waals surface area contributed by atoms with E-state index in [9.17, 15) is 0 Å². The van der Waals surface area contributed by atoms with E-state index in [-0.39, 0.29) is 0 Å². The Labute approximate surface area is 76.1 Å². The van der Waals surface area contributed by atoms with Crippen LogP contribution in [0.3, 0.4) is 0 Å². The van der Waals surface area contributed by atoms with E-state index in [1.165, 1.54) is 32.2 Å². The van der Waals surface area contributed by atoms with E-state index in [1.807, 2.05) is 0 Å². The van der Waals surface area contributed by atoms with Crippen LogP contribution in [-0.4, -0.2) is 31.1 Å². The molecular formula is C10H22N2. The zero-order chi connectivity index (χ0) is 8.97. The summed E-state index contributed by atoms with van der Waals surface area (Å²) in [5.74, 6) is 0.805. The predicted octanol–water partition coefficient (Wildman–Crippen LogP) is 1.46. The largest absolute Gasteiger partial charge is 0.327 e. The maximum atomic E-state index is 5.99. The summed E-state index contributed by atoms with van der Waals surface area (Å²) in [6, 6.07) is 0.496. The summed E-state index contributed by atoms with van der Waals surface area (Å²) in [6.45, 7) is 4.57. The normalized spacial score (nSPS) is 30.0. The van der Waals surface area contributed by atoms with Gasteiger partial charge in [0.15, 0.2) is 0 Å². The van der Waals surface area contributed by atoms with Crippen LogP contribution in [0.2, 0.25) is 0 Å². The molecule has 2 atom stereocenters. The van der Waals surface area contributed by atoms with Crippen molar-refractivity contribution in [2.45, 2.75) is 38.6 Å². The van der Waals surface area contributed by atoms with Crippen LogP contribution in [0.1, 0.15) is 32.6 Å². The molecule has 1 aliphatic carbocycles. The number of hydrogen-bond acceptors (Lipinski definition) is 2. The van der Waals surface area contributed by atoms with Gasteiger partial charge in [0.25, 0.3) is 0 Å². The average molecular weight is 170 g/mol. The van der Waals surface area contributed by atoms with Crippen LogP contribution in [0.25, 0.3) is 0 Å². The summed E-state index contributed by atoms with van der Waals surface area (Å²) >= 11 is 0. The minimum Gasteiger partial charge on any atom is -0.327 e. The van der Waals surface area contributed by atoms with E-state index < -0.39 is 0 Å². The predicted molar refractivity (Wildman–Crippen MR) is 53.1 cm³/mol. The monoisotopic (exact) mass is 170 g/mol. The van der Waals surface area contributed by atoms with Crippen molar-refractivity contribution in [3.8, 4) is 0 Å². The van der Waals surface area contributed by atoms with Crippen molar-refractivity contribution in [1.29, 1.82) is 0 Å². The molecule has 0 saturated heterocycles. The molecule has 0 amide bonds. The first-order chi connectivity index (χ1) is 5.74. The number of nitrogens with two attached hydrogens (primary N) is 1. The van der Waals surface area contributed by atoms with Gasteiger partial charge in [0, 0.05) is 6.04 Å². The van der Waals surface area contributed by atoms with Gasteiger partial charge in [-0.25, -0.2) is 0 Å². The highest BCUT2D eigenvalue weighted by atomic mass is 15.1. The molecule has 0 aromatic carbocycles. The second kappa shape index (κ2) is 4.83. The summed E-state index contributed by atoms with van der Waals surface area (Å²) in [5.41, 5.74) is 5.99. The van der Waals surface area contributed by atoms with E-state index in [0.717, 1.165) is 12.5 Å². The lowest BCUT2D eigenvalue weighted by Crippen LogP contribution is -2.28. The van der Waals surface area contributed by atoms with E-state index in [0.29, 0.717) is 6.04 Å². The van der Waals surface area contributed by atoms with Crippen molar-refractivity contribution < 1.29 is 0 Å². The summed E-state index contributed by atoms with van der Waals surface area (Å²) in [5, 5.41) is 0. The van der Waals surface area contributed by atoms with Gasteiger partial charge in [-0.15, -0.1) is 0 Å². The summed E-state index contributed by atoms with van der Waals surface area (Å²) in [6.07, 6.45) is 5.26. The van der Waals surface area contributed by atoms with Crippen LogP contribution < -0.4 is 5.73 Å². The molecule has 0 aromatic heterocycles. The molecule has 1 rings (SSSR count). The van der Waals surface area contributed by atoms with E-state index in [1.54, 1.807) is 0 Å². The molecule has 0 aliphatic heterocycles. The van der Waals surface area contributed by atoms with Crippen LogP contribution >= 0.6 is 0 Å². The van der Waals surface area contributed by atoms with E-state index in [2.05, 4.69) is 18.9 Å². The van der Waals surface area contributed by atoms with Gasteiger partial charge >= 0.3 is 0 Å². The Bertz CT molecular complexity index is 125. The zero-order valence-electron chi connectivity index (χ0n) is 8.42. The molecule has 0 bridgehead atoms. The topological polar surface area (TPSA) is 29.3 Å². The third kappa shape index (κ3) is 2.76. The Balaban J connectivity index is 2.13. The minimum atomic E-state index is 0.496. The Kier molecular flexibility index (Phi) is 4.02. The van der Waals surface area contributed by atoms with Gasteiger partial charge in [0.05, 0.1) is 0 Å². The third-order valence-corrected chi connectivity index (χ3v) is 3.14. The van der Waals surface area contributed by atoms with Gasteiger partial charge in [-0.2, -0.15) is 0 Å². The van der Waals surface area contributed by atoms with Gasteiger partial charge in [0.2, 0.25) is 0 Å². The fourth-order valence-corrected chi connectivity index (χ4v) is 1.97. The van der Waals surface area contributed by atoms with E-state index in [4.69, 9.17) is 5.73 Å². The minimum absolute atomic E-state index is 0.496. The van der Waals surface area contributed by atoms with Gasteiger partial charge in [-0.05, 0) is 45.3 Å². The van der Waals surface area contributed by atoms with Crippen LogP contribution in [-0.2, 0) is 0 Å². The second-order valence-electron chi connectivity index (χ2n) is 4.04. The zero-order valence-corrected chi connectivity index (χ0v) is 8.42. The first kappa shape index (κ1) is 10.0. The van der Waals surface area contributed by atoms with Gasteiger partial charge in [0.1, 0.15) is 0 Å². The average Bonchev–Trinajstić information content (AvgIpc) is 2.47. The molecule has 0 spiro atoms. The summed E-state index contributed by atoms with van der Waals surface area (Å²) < 4.78 is 0. The number of hydrogen-bond donors (Lipinski definition) is 1. The molecule has 12 heavy (non-hydrogen) atoms. The highest BCUT2D eigenvalue weighted by molar-refractivity contribution is 4.80.